The number of benzene rings is 1. The number of hydrogen-bond donors (Lipinski definition) is 1. The van der Waals surface area contributed by atoms with Crippen molar-refractivity contribution >= 4 is 21.4 Å². The molecule has 0 saturated heterocycles. The molecule has 0 spiro atoms. The molecule has 1 atom stereocenters. The number of thiophene rings is 1. The van der Waals surface area contributed by atoms with E-state index >= 15 is 0 Å². The molecular formula is C15H21NS. The quantitative estimate of drug-likeness (QED) is 0.758. The Morgan fingerprint density at radius 1 is 1.29 bits per heavy atom. The Bertz CT molecular complexity index is 461. The van der Waals surface area contributed by atoms with Gasteiger partial charge in [-0.25, -0.2) is 0 Å². The van der Waals surface area contributed by atoms with Crippen LogP contribution in [0.5, 0.6) is 0 Å². The van der Waals surface area contributed by atoms with Crippen LogP contribution in [0.4, 0.5) is 0 Å². The molecule has 2 heteroatoms. The zero-order valence-corrected chi connectivity index (χ0v) is 11.5. The third kappa shape index (κ3) is 3.30. The second-order valence-electron chi connectivity index (χ2n) is 4.71. The molecule has 0 aliphatic heterocycles. The summed E-state index contributed by atoms with van der Waals surface area (Å²) in [5.74, 6) is 0.757. The Kier molecular flexibility index (Phi) is 4.57. The third-order valence-electron chi connectivity index (χ3n) is 3.19. The number of nitrogens with one attached hydrogen (secondary N) is 1. The summed E-state index contributed by atoms with van der Waals surface area (Å²) < 4.78 is 1.42. The summed E-state index contributed by atoms with van der Waals surface area (Å²) in [6.45, 7) is 6.73. The lowest BCUT2D eigenvalue weighted by Gasteiger charge is -2.10. The summed E-state index contributed by atoms with van der Waals surface area (Å²) in [7, 11) is 0. The summed E-state index contributed by atoms with van der Waals surface area (Å²) in [5.41, 5.74) is 1.52. The van der Waals surface area contributed by atoms with E-state index in [2.05, 4.69) is 48.8 Å². The zero-order chi connectivity index (χ0) is 12.1. The van der Waals surface area contributed by atoms with Gasteiger partial charge in [0, 0.05) is 4.70 Å². The molecule has 0 fully saturated rings. The minimum Gasteiger partial charge on any atom is -0.317 e. The first-order valence-corrected chi connectivity index (χ1v) is 7.35. The highest BCUT2D eigenvalue weighted by molar-refractivity contribution is 7.17. The fourth-order valence-electron chi connectivity index (χ4n) is 2.19. The van der Waals surface area contributed by atoms with Crippen LogP contribution in [0.2, 0.25) is 0 Å². The predicted molar refractivity (Wildman–Crippen MR) is 77.9 cm³/mol. The fraction of sp³-hybridized carbons (Fsp3) is 0.467. The summed E-state index contributed by atoms with van der Waals surface area (Å²) in [5, 5.41) is 7.18. The van der Waals surface area contributed by atoms with Gasteiger partial charge in [-0.05, 0) is 54.2 Å². The van der Waals surface area contributed by atoms with Gasteiger partial charge < -0.3 is 5.32 Å². The van der Waals surface area contributed by atoms with Crippen molar-refractivity contribution in [2.45, 2.75) is 26.7 Å². The van der Waals surface area contributed by atoms with E-state index in [1.165, 1.54) is 28.5 Å². The molecule has 0 radical (unpaired) electrons. The molecule has 0 bridgehead atoms. The van der Waals surface area contributed by atoms with Gasteiger partial charge in [-0.1, -0.05) is 32.0 Å². The first-order valence-electron chi connectivity index (χ1n) is 6.47. The molecule has 1 unspecified atom stereocenters. The van der Waals surface area contributed by atoms with Gasteiger partial charge >= 0.3 is 0 Å². The minimum absolute atomic E-state index is 0.757. The normalized spacial score (nSPS) is 13.1. The van der Waals surface area contributed by atoms with Crippen molar-refractivity contribution in [1.29, 1.82) is 0 Å². The summed E-state index contributed by atoms with van der Waals surface area (Å²) >= 11 is 1.87. The van der Waals surface area contributed by atoms with Gasteiger partial charge in [-0.15, -0.1) is 11.3 Å². The predicted octanol–water partition coefficient (Wildman–Crippen LogP) is 4.08. The van der Waals surface area contributed by atoms with Crippen molar-refractivity contribution in [2.24, 2.45) is 5.92 Å². The first kappa shape index (κ1) is 12.6. The molecule has 1 N–H and O–H groups in total. The Hall–Kier alpha value is -0.860. The van der Waals surface area contributed by atoms with Crippen LogP contribution < -0.4 is 5.32 Å². The highest BCUT2D eigenvalue weighted by Gasteiger charge is 2.08. The zero-order valence-electron chi connectivity index (χ0n) is 10.7. The molecule has 0 aliphatic carbocycles. The second kappa shape index (κ2) is 6.18. The highest BCUT2D eigenvalue weighted by atomic mass is 32.1. The van der Waals surface area contributed by atoms with Crippen LogP contribution in [0.1, 0.15) is 25.8 Å². The Morgan fingerprint density at radius 3 is 2.94 bits per heavy atom. The van der Waals surface area contributed by atoms with Crippen molar-refractivity contribution in [3.63, 3.8) is 0 Å². The average Bonchev–Trinajstić information content (AvgIpc) is 2.73. The van der Waals surface area contributed by atoms with E-state index in [0.717, 1.165) is 19.0 Å². The van der Waals surface area contributed by atoms with Crippen molar-refractivity contribution < 1.29 is 0 Å². The van der Waals surface area contributed by atoms with Crippen LogP contribution in [0, 0.1) is 5.92 Å². The van der Waals surface area contributed by atoms with E-state index in [-0.39, 0.29) is 0 Å². The van der Waals surface area contributed by atoms with Gasteiger partial charge in [0.25, 0.3) is 0 Å². The van der Waals surface area contributed by atoms with Crippen molar-refractivity contribution in [3.05, 3.63) is 35.2 Å². The minimum atomic E-state index is 0.757. The molecule has 1 nitrogen and oxygen atoms in total. The van der Waals surface area contributed by atoms with Gasteiger partial charge in [0.1, 0.15) is 0 Å². The summed E-state index contributed by atoms with van der Waals surface area (Å²) in [4.78, 5) is 0. The molecule has 0 saturated carbocycles. The fourth-order valence-corrected chi connectivity index (χ4v) is 3.17. The van der Waals surface area contributed by atoms with Gasteiger partial charge in [0.15, 0.2) is 0 Å². The Labute approximate surface area is 108 Å². The largest absolute Gasteiger partial charge is 0.317 e. The molecule has 1 heterocycles. The van der Waals surface area contributed by atoms with Crippen LogP contribution in [0.25, 0.3) is 10.1 Å². The van der Waals surface area contributed by atoms with E-state index in [1.54, 1.807) is 0 Å². The van der Waals surface area contributed by atoms with E-state index in [9.17, 15) is 0 Å². The number of hydrogen-bond acceptors (Lipinski definition) is 2. The summed E-state index contributed by atoms with van der Waals surface area (Å²) in [6.07, 6.45) is 2.47. The van der Waals surface area contributed by atoms with Crippen LogP contribution in [0.3, 0.4) is 0 Å². The second-order valence-corrected chi connectivity index (χ2v) is 5.62. The van der Waals surface area contributed by atoms with Crippen molar-refractivity contribution in [1.82, 2.24) is 5.32 Å². The highest BCUT2D eigenvalue weighted by Crippen LogP contribution is 2.27. The van der Waals surface area contributed by atoms with Gasteiger partial charge in [0.05, 0.1) is 0 Å². The van der Waals surface area contributed by atoms with Crippen LogP contribution in [-0.2, 0) is 6.42 Å². The Balaban J connectivity index is 1.98. The maximum absolute atomic E-state index is 3.40. The molecule has 2 aromatic rings. The lowest BCUT2D eigenvalue weighted by molar-refractivity contribution is 0.506. The topological polar surface area (TPSA) is 12.0 Å². The van der Waals surface area contributed by atoms with Gasteiger partial charge in [0.2, 0.25) is 0 Å². The Morgan fingerprint density at radius 2 is 2.12 bits per heavy atom. The van der Waals surface area contributed by atoms with Crippen molar-refractivity contribution in [2.75, 3.05) is 13.1 Å². The maximum atomic E-state index is 3.40. The lowest BCUT2D eigenvalue weighted by Crippen LogP contribution is -2.17. The lowest BCUT2D eigenvalue weighted by atomic mass is 9.98. The van der Waals surface area contributed by atoms with Crippen LogP contribution >= 0.6 is 11.3 Å². The first-order chi connectivity index (χ1) is 8.31. The molecule has 1 aromatic carbocycles. The van der Waals surface area contributed by atoms with Gasteiger partial charge in [-0.2, -0.15) is 0 Å². The smallest absolute Gasteiger partial charge is 0.0345 e. The molecule has 1 aromatic heterocycles. The van der Waals surface area contributed by atoms with Crippen LogP contribution in [0.15, 0.2) is 29.6 Å². The monoisotopic (exact) mass is 247 g/mol. The average molecular weight is 247 g/mol. The molecule has 0 amide bonds. The standard InChI is InChI=1S/C15H21NS/c1-3-16-9-8-12(2)10-13-11-17-15-7-5-4-6-14(13)15/h4-7,11-12,16H,3,8-10H2,1-2H3. The van der Waals surface area contributed by atoms with E-state index in [1.807, 2.05) is 11.3 Å². The van der Waals surface area contributed by atoms with E-state index in [0.29, 0.717) is 0 Å². The maximum Gasteiger partial charge on any atom is 0.0345 e. The molecular weight excluding hydrogens is 226 g/mol. The molecule has 92 valence electrons. The summed E-state index contributed by atoms with van der Waals surface area (Å²) in [6, 6.07) is 8.73. The number of fused-ring (bicyclic) bond motifs is 1. The van der Waals surface area contributed by atoms with Crippen molar-refractivity contribution in [3.8, 4) is 0 Å². The number of rotatable bonds is 6. The molecule has 0 aliphatic rings. The van der Waals surface area contributed by atoms with E-state index < -0.39 is 0 Å². The third-order valence-corrected chi connectivity index (χ3v) is 4.21. The van der Waals surface area contributed by atoms with Gasteiger partial charge in [-0.3, -0.25) is 0 Å². The van der Waals surface area contributed by atoms with E-state index in [4.69, 9.17) is 0 Å². The SMILES string of the molecule is CCNCCC(C)Cc1csc2ccccc12. The molecule has 2 rings (SSSR count). The van der Waals surface area contributed by atoms with Crippen LogP contribution in [-0.4, -0.2) is 13.1 Å². The molecule has 17 heavy (non-hydrogen) atoms.